The molecule has 1 aromatic rings. The van der Waals surface area contributed by atoms with Crippen LogP contribution in [0, 0.1) is 0 Å². The first kappa shape index (κ1) is 14.8. The van der Waals surface area contributed by atoms with Gasteiger partial charge >= 0.3 is 0 Å². The first-order chi connectivity index (χ1) is 9.15. The van der Waals surface area contributed by atoms with Crippen LogP contribution in [0.3, 0.4) is 0 Å². The molecule has 106 valence electrons. The lowest BCUT2D eigenvalue weighted by molar-refractivity contribution is 0.0177. The predicted octanol–water partition coefficient (Wildman–Crippen LogP) is 3.37. The third-order valence-corrected chi connectivity index (χ3v) is 3.87. The van der Waals surface area contributed by atoms with Gasteiger partial charge in [0.1, 0.15) is 12.4 Å². The Hall–Kier alpha value is -0.580. The Labute approximate surface area is 123 Å². The SMILES string of the molecule is CC(C)NCC1CCC(COc2ccccc2Br)O1. The molecule has 0 saturated carbocycles. The number of rotatable bonds is 6. The summed E-state index contributed by atoms with van der Waals surface area (Å²) >= 11 is 3.48. The predicted molar refractivity (Wildman–Crippen MR) is 80.7 cm³/mol. The van der Waals surface area contributed by atoms with Gasteiger partial charge in [0.25, 0.3) is 0 Å². The zero-order valence-corrected chi connectivity index (χ0v) is 13.2. The molecule has 3 nitrogen and oxygen atoms in total. The van der Waals surface area contributed by atoms with Crippen molar-refractivity contribution in [3.8, 4) is 5.75 Å². The molecule has 0 bridgehead atoms. The highest BCUT2D eigenvalue weighted by atomic mass is 79.9. The molecule has 1 heterocycles. The first-order valence-electron chi connectivity index (χ1n) is 6.91. The maximum atomic E-state index is 5.97. The zero-order chi connectivity index (χ0) is 13.7. The average Bonchev–Trinajstić information content (AvgIpc) is 2.83. The molecule has 4 heteroatoms. The van der Waals surface area contributed by atoms with Gasteiger partial charge in [0.05, 0.1) is 16.7 Å². The molecule has 1 aromatic carbocycles. The molecule has 1 fully saturated rings. The van der Waals surface area contributed by atoms with Crippen LogP contribution in [0.15, 0.2) is 28.7 Å². The van der Waals surface area contributed by atoms with Crippen LogP contribution >= 0.6 is 15.9 Å². The minimum absolute atomic E-state index is 0.214. The largest absolute Gasteiger partial charge is 0.490 e. The summed E-state index contributed by atoms with van der Waals surface area (Å²) in [5.74, 6) is 0.884. The van der Waals surface area contributed by atoms with Gasteiger partial charge in [-0.15, -0.1) is 0 Å². The van der Waals surface area contributed by atoms with E-state index in [1.165, 1.54) is 0 Å². The number of nitrogens with one attached hydrogen (secondary N) is 1. The topological polar surface area (TPSA) is 30.5 Å². The second-order valence-electron chi connectivity index (χ2n) is 5.26. The highest BCUT2D eigenvalue weighted by molar-refractivity contribution is 9.10. The van der Waals surface area contributed by atoms with Crippen LogP contribution in [0.4, 0.5) is 0 Å². The van der Waals surface area contributed by atoms with Gasteiger partial charge in [-0.1, -0.05) is 26.0 Å². The minimum Gasteiger partial charge on any atom is -0.490 e. The van der Waals surface area contributed by atoms with E-state index in [1.54, 1.807) is 0 Å². The smallest absolute Gasteiger partial charge is 0.133 e. The van der Waals surface area contributed by atoms with E-state index in [1.807, 2.05) is 24.3 Å². The summed E-state index contributed by atoms with van der Waals surface area (Å²) in [6.45, 7) is 5.87. The molecule has 0 spiro atoms. The Kier molecular flexibility index (Phi) is 5.67. The fraction of sp³-hybridized carbons (Fsp3) is 0.600. The highest BCUT2D eigenvalue weighted by Crippen LogP contribution is 2.26. The quantitative estimate of drug-likeness (QED) is 0.868. The second kappa shape index (κ2) is 7.27. The summed E-state index contributed by atoms with van der Waals surface area (Å²) in [4.78, 5) is 0. The molecule has 2 rings (SSSR count). The van der Waals surface area contributed by atoms with Crippen molar-refractivity contribution >= 4 is 15.9 Å². The van der Waals surface area contributed by atoms with E-state index in [4.69, 9.17) is 9.47 Å². The Balaban J connectivity index is 1.72. The van der Waals surface area contributed by atoms with E-state index in [-0.39, 0.29) is 6.10 Å². The van der Waals surface area contributed by atoms with Crippen molar-refractivity contribution in [2.24, 2.45) is 0 Å². The Morgan fingerprint density at radius 1 is 1.32 bits per heavy atom. The van der Waals surface area contributed by atoms with Crippen molar-refractivity contribution in [2.75, 3.05) is 13.2 Å². The number of ether oxygens (including phenoxy) is 2. The van der Waals surface area contributed by atoms with Gasteiger partial charge in [-0.25, -0.2) is 0 Å². The Morgan fingerprint density at radius 2 is 2.05 bits per heavy atom. The maximum Gasteiger partial charge on any atom is 0.133 e. The van der Waals surface area contributed by atoms with Gasteiger partial charge in [-0.2, -0.15) is 0 Å². The molecule has 2 unspecified atom stereocenters. The highest BCUT2D eigenvalue weighted by Gasteiger charge is 2.25. The van der Waals surface area contributed by atoms with Crippen molar-refractivity contribution in [3.63, 3.8) is 0 Å². The molecule has 0 amide bonds. The van der Waals surface area contributed by atoms with E-state index < -0.39 is 0 Å². The molecule has 19 heavy (non-hydrogen) atoms. The monoisotopic (exact) mass is 327 g/mol. The van der Waals surface area contributed by atoms with Crippen LogP contribution in [-0.2, 0) is 4.74 Å². The van der Waals surface area contributed by atoms with Crippen molar-refractivity contribution < 1.29 is 9.47 Å². The van der Waals surface area contributed by atoms with Crippen LogP contribution in [-0.4, -0.2) is 31.4 Å². The summed E-state index contributed by atoms with van der Waals surface area (Å²) in [6.07, 6.45) is 2.74. The zero-order valence-electron chi connectivity index (χ0n) is 11.6. The summed E-state index contributed by atoms with van der Waals surface area (Å²) in [6, 6.07) is 8.43. The van der Waals surface area contributed by atoms with E-state index in [0.29, 0.717) is 18.8 Å². The maximum absolute atomic E-state index is 5.97. The third kappa shape index (κ3) is 4.79. The van der Waals surface area contributed by atoms with E-state index in [9.17, 15) is 0 Å². The minimum atomic E-state index is 0.214. The first-order valence-corrected chi connectivity index (χ1v) is 7.70. The fourth-order valence-corrected chi connectivity index (χ4v) is 2.56. The van der Waals surface area contributed by atoms with Gasteiger partial charge in [0, 0.05) is 12.6 Å². The van der Waals surface area contributed by atoms with Crippen LogP contribution in [0.25, 0.3) is 0 Å². The van der Waals surface area contributed by atoms with Crippen LogP contribution in [0.1, 0.15) is 26.7 Å². The molecule has 1 aliphatic rings. The summed E-state index contributed by atoms with van der Waals surface area (Å²) < 4.78 is 12.8. The lowest BCUT2D eigenvalue weighted by Crippen LogP contribution is -2.32. The summed E-state index contributed by atoms with van der Waals surface area (Å²) in [5.41, 5.74) is 0. The van der Waals surface area contributed by atoms with E-state index in [0.717, 1.165) is 29.6 Å². The number of benzene rings is 1. The Morgan fingerprint density at radius 3 is 2.79 bits per heavy atom. The number of hydrogen-bond donors (Lipinski definition) is 1. The normalized spacial score (nSPS) is 22.9. The fourth-order valence-electron chi connectivity index (χ4n) is 2.16. The molecule has 0 aromatic heterocycles. The van der Waals surface area contributed by atoms with Crippen LogP contribution in [0.5, 0.6) is 5.75 Å². The Bertz CT molecular complexity index is 397. The van der Waals surface area contributed by atoms with Crippen molar-refractivity contribution in [1.29, 1.82) is 0 Å². The van der Waals surface area contributed by atoms with E-state index in [2.05, 4.69) is 35.1 Å². The van der Waals surface area contributed by atoms with Crippen LogP contribution in [0.2, 0.25) is 0 Å². The molecule has 2 atom stereocenters. The van der Waals surface area contributed by atoms with E-state index >= 15 is 0 Å². The van der Waals surface area contributed by atoms with Gasteiger partial charge in [-0.05, 0) is 40.9 Å². The molecule has 0 radical (unpaired) electrons. The molecular weight excluding hydrogens is 306 g/mol. The number of para-hydroxylation sites is 1. The molecule has 0 aliphatic carbocycles. The van der Waals surface area contributed by atoms with Crippen LogP contribution < -0.4 is 10.1 Å². The summed E-state index contributed by atoms with van der Waals surface area (Å²) in [5, 5.41) is 3.42. The lowest BCUT2D eigenvalue weighted by atomic mass is 10.2. The second-order valence-corrected chi connectivity index (χ2v) is 6.12. The van der Waals surface area contributed by atoms with Crippen molar-refractivity contribution in [2.45, 2.75) is 44.9 Å². The number of halogens is 1. The van der Waals surface area contributed by atoms with Crippen molar-refractivity contribution in [3.05, 3.63) is 28.7 Å². The number of hydrogen-bond acceptors (Lipinski definition) is 3. The average molecular weight is 328 g/mol. The van der Waals surface area contributed by atoms with Gasteiger partial charge in [-0.3, -0.25) is 0 Å². The molecule has 1 saturated heterocycles. The van der Waals surface area contributed by atoms with Crippen molar-refractivity contribution in [1.82, 2.24) is 5.32 Å². The van der Waals surface area contributed by atoms with Gasteiger partial charge < -0.3 is 14.8 Å². The third-order valence-electron chi connectivity index (χ3n) is 3.21. The van der Waals surface area contributed by atoms with Gasteiger partial charge in [0.15, 0.2) is 0 Å². The summed E-state index contributed by atoms with van der Waals surface area (Å²) in [7, 11) is 0. The molecular formula is C15H22BrNO2. The van der Waals surface area contributed by atoms with Gasteiger partial charge in [0.2, 0.25) is 0 Å². The molecule has 1 aliphatic heterocycles. The lowest BCUT2D eigenvalue weighted by Gasteiger charge is -2.16. The molecule has 1 N–H and O–H groups in total. The standard InChI is InChI=1S/C15H22BrNO2/c1-11(2)17-9-12-7-8-13(19-12)10-18-15-6-4-3-5-14(15)16/h3-6,11-13,17H,7-10H2,1-2H3.